The molecule has 1 atom stereocenters. The van der Waals surface area contributed by atoms with Gasteiger partial charge in [0.25, 0.3) is 0 Å². The molecule has 6 heteroatoms. The molecule has 2 aliphatic heterocycles. The molecule has 34 heavy (non-hydrogen) atoms. The maximum Gasteiger partial charge on any atom is 0.308 e. The second-order valence-corrected chi connectivity index (χ2v) is 8.40. The average molecular weight is 452 g/mol. The third-order valence-electron chi connectivity index (χ3n) is 6.23. The Morgan fingerprint density at radius 1 is 0.794 bits per heavy atom. The van der Waals surface area contributed by atoms with Crippen molar-refractivity contribution in [3.05, 3.63) is 95.1 Å². The van der Waals surface area contributed by atoms with Crippen LogP contribution in [0.5, 0.6) is 23.0 Å². The van der Waals surface area contributed by atoms with Crippen LogP contribution >= 0.6 is 0 Å². The zero-order valence-corrected chi connectivity index (χ0v) is 18.6. The van der Waals surface area contributed by atoms with Crippen molar-refractivity contribution < 1.29 is 28.5 Å². The van der Waals surface area contributed by atoms with Gasteiger partial charge in [0.1, 0.15) is 23.0 Å². The van der Waals surface area contributed by atoms with E-state index in [2.05, 4.69) is 12.1 Å². The molecule has 4 aromatic carbocycles. The maximum atomic E-state index is 11.6. The van der Waals surface area contributed by atoms with Gasteiger partial charge in [-0.05, 0) is 46.8 Å². The number of hydrogen-bond donors (Lipinski definition) is 0. The molecule has 0 N–H and O–H groups in total. The summed E-state index contributed by atoms with van der Waals surface area (Å²) < 4.78 is 23.6. The van der Waals surface area contributed by atoms with Gasteiger partial charge in [0.05, 0.1) is 6.61 Å². The Morgan fingerprint density at radius 3 is 2.29 bits per heavy atom. The molecular formula is C28H20O6. The molecule has 168 valence electrons. The number of esters is 2. The normalized spacial score (nSPS) is 17.5. The van der Waals surface area contributed by atoms with E-state index in [9.17, 15) is 9.59 Å². The highest BCUT2D eigenvalue weighted by Crippen LogP contribution is 2.58. The van der Waals surface area contributed by atoms with Crippen LogP contribution in [0.2, 0.25) is 0 Å². The number of ether oxygens (including phenoxy) is 4. The minimum absolute atomic E-state index is 0.379. The standard InChI is InChI=1S/C28H20O6/c1-16(29)32-20-8-10-22-18(13-20)7-11-25-27(22)34-26-14-21(33-17(2)30)9-12-24(26)28(25)23-6-4-3-5-19(23)15-31-28/h3-14H,15H2,1-2H3. The largest absolute Gasteiger partial charge is 0.456 e. The van der Waals surface area contributed by atoms with Gasteiger partial charge in [-0.15, -0.1) is 0 Å². The van der Waals surface area contributed by atoms with Gasteiger partial charge < -0.3 is 18.9 Å². The first-order valence-electron chi connectivity index (χ1n) is 10.9. The van der Waals surface area contributed by atoms with Gasteiger partial charge in [-0.25, -0.2) is 0 Å². The van der Waals surface area contributed by atoms with Crippen molar-refractivity contribution in [3.8, 4) is 23.0 Å². The molecule has 1 unspecified atom stereocenters. The molecule has 2 heterocycles. The van der Waals surface area contributed by atoms with Crippen molar-refractivity contribution in [2.75, 3.05) is 0 Å². The van der Waals surface area contributed by atoms with Gasteiger partial charge >= 0.3 is 11.9 Å². The highest BCUT2D eigenvalue weighted by Gasteiger charge is 2.49. The van der Waals surface area contributed by atoms with E-state index in [1.165, 1.54) is 13.8 Å². The Bertz CT molecular complexity index is 1500. The quantitative estimate of drug-likeness (QED) is 0.290. The van der Waals surface area contributed by atoms with Gasteiger partial charge in [-0.2, -0.15) is 0 Å². The molecule has 6 rings (SSSR count). The summed E-state index contributed by atoms with van der Waals surface area (Å²) >= 11 is 0. The zero-order valence-electron chi connectivity index (χ0n) is 18.6. The molecule has 1 spiro atoms. The van der Waals surface area contributed by atoms with Gasteiger partial charge in [0.15, 0.2) is 5.60 Å². The topological polar surface area (TPSA) is 71.1 Å². The first kappa shape index (κ1) is 20.4. The predicted octanol–water partition coefficient (Wildman–Crippen LogP) is 5.62. The minimum atomic E-state index is -0.864. The van der Waals surface area contributed by atoms with Crippen molar-refractivity contribution in [1.29, 1.82) is 0 Å². The van der Waals surface area contributed by atoms with Gasteiger partial charge in [0.2, 0.25) is 0 Å². The number of benzene rings is 4. The number of carbonyl (C=O) groups excluding carboxylic acids is 2. The fourth-order valence-electron chi connectivity index (χ4n) is 4.96. The summed E-state index contributed by atoms with van der Waals surface area (Å²) in [5.74, 6) is 1.28. The van der Waals surface area contributed by atoms with E-state index < -0.39 is 11.6 Å². The Balaban J connectivity index is 1.61. The second-order valence-electron chi connectivity index (χ2n) is 8.40. The molecule has 0 aromatic heterocycles. The summed E-state index contributed by atoms with van der Waals surface area (Å²) in [6, 6.07) is 22.9. The summed E-state index contributed by atoms with van der Waals surface area (Å²) in [4.78, 5) is 23.0. The van der Waals surface area contributed by atoms with Crippen LogP contribution in [0.4, 0.5) is 0 Å². The van der Waals surface area contributed by atoms with Crippen LogP contribution in [-0.4, -0.2) is 11.9 Å². The van der Waals surface area contributed by atoms with Crippen molar-refractivity contribution in [3.63, 3.8) is 0 Å². The molecule has 0 saturated heterocycles. The van der Waals surface area contributed by atoms with Gasteiger partial charge in [-0.1, -0.05) is 36.4 Å². The lowest BCUT2D eigenvalue weighted by Gasteiger charge is -2.38. The van der Waals surface area contributed by atoms with E-state index >= 15 is 0 Å². The van der Waals surface area contributed by atoms with Crippen molar-refractivity contribution >= 4 is 22.7 Å². The summed E-state index contributed by atoms with van der Waals surface area (Å²) in [7, 11) is 0. The SMILES string of the molecule is CC(=O)Oc1ccc2c(c1)Oc1c(ccc3cc(OC(C)=O)ccc13)C21OCc2ccccc21. The van der Waals surface area contributed by atoms with Crippen LogP contribution < -0.4 is 14.2 Å². The average Bonchev–Trinajstić information content (AvgIpc) is 3.18. The van der Waals surface area contributed by atoms with Crippen molar-refractivity contribution in [1.82, 2.24) is 0 Å². The maximum absolute atomic E-state index is 11.6. The molecule has 0 radical (unpaired) electrons. The van der Waals surface area contributed by atoms with E-state index in [0.717, 1.165) is 33.0 Å². The van der Waals surface area contributed by atoms with Crippen LogP contribution in [0.1, 0.15) is 36.1 Å². The third kappa shape index (κ3) is 2.99. The highest BCUT2D eigenvalue weighted by molar-refractivity contribution is 5.93. The molecule has 2 aliphatic rings. The van der Waals surface area contributed by atoms with Crippen LogP contribution in [-0.2, 0) is 26.5 Å². The molecular weight excluding hydrogens is 432 g/mol. The molecule has 0 fully saturated rings. The number of rotatable bonds is 2. The van der Waals surface area contributed by atoms with E-state index in [1.807, 2.05) is 36.4 Å². The fraction of sp³-hybridized carbons (Fsp3) is 0.143. The Labute approximate surface area is 195 Å². The second kappa shape index (κ2) is 7.43. The summed E-state index contributed by atoms with van der Waals surface area (Å²) in [5, 5.41) is 1.71. The Kier molecular flexibility index (Phi) is 4.47. The third-order valence-corrected chi connectivity index (χ3v) is 6.23. The highest BCUT2D eigenvalue weighted by atomic mass is 16.5. The van der Waals surface area contributed by atoms with E-state index in [1.54, 1.807) is 24.3 Å². The van der Waals surface area contributed by atoms with Crippen LogP contribution in [0.15, 0.2) is 72.8 Å². The lowest BCUT2D eigenvalue weighted by atomic mass is 9.77. The summed E-state index contributed by atoms with van der Waals surface area (Å²) in [6.45, 7) is 3.20. The molecule has 0 bridgehead atoms. The van der Waals surface area contributed by atoms with E-state index in [-0.39, 0.29) is 5.97 Å². The molecule has 0 aliphatic carbocycles. The van der Waals surface area contributed by atoms with Crippen molar-refractivity contribution in [2.24, 2.45) is 0 Å². The van der Waals surface area contributed by atoms with Crippen molar-refractivity contribution in [2.45, 2.75) is 26.1 Å². The number of carbonyl (C=O) groups is 2. The minimum Gasteiger partial charge on any atom is -0.456 e. The van der Waals surface area contributed by atoms with E-state index in [0.29, 0.717) is 29.6 Å². The molecule has 0 saturated carbocycles. The van der Waals surface area contributed by atoms with Gasteiger partial charge in [-0.3, -0.25) is 9.59 Å². The predicted molar refractivity (Wildman–Crippen MR) is 124 cm³/mol. The number of fused-ring (bicyclic) bond motifs is 8. The smallest absolute Gasteiger partial charge is 0.308 e. The molecule has 0 amide bonds. The van der Waals surface area contributed by atoms with Gasteiger partial charge in [0, 0.05) is 36.4 Å². The Hall–Kier alpha value is -4.16. The van der Waals surface area contributed by atoms with Crippen LogP contribution in [0.3, 0.4) is 0 Å². The number of hydrogen-bond acceptors (Lipinski definition) is 6. The molecule has 6 nitrogen and oxygen atoms in total. The molecule has 4 aromatic rings. The first-order chi connectivity index (χ1) is 16.5. The monoisotopic (exact) mass is 452 g/mol. The summed E-state index contributed by atoms with van der Waals surface area (Å²) in [5.41, 5.74) is 3.03. The fourth-order valence-corrected chi connectivity index (χ4v) is 4.96. The summed E-state index contributed by atoms with van der Waals surface area (Å²) in [6.07, 6.45) is 0. The van der Waals surface area contributed by atoms with Crippen LogP contribution in [0, 0.1) is 0 Å². The Morgan fingerprint density at radius 2 is 1.50 bits per heavy atom. The zero-order chi connectivity index (χ0) is 23.4. The lowest BCUT2D eigenvalue weighted by molar-refractivity contribution is -0.132. The van der Waals surface area contributed by atoms with Crippen LogP contribution in [0.25, 0.3) is 10.8 Å². The lowest BCUT2D eigenvalue weighted by Crippen LogP contribution is -2.32. The van der Waals surface area contributed by atoms with E-state index in [4.69, 9.17) is 18.9 Å². The first-order valence-corrected chi connectivity index (χ1v) is 10.9.